The number of amides is 1. The van der Waals surface area contributed by atoms with E-state index in [-0.39, 0.29) is 22.7 Å². The van der Waals surface area contributed by atoms with Gasteiger partial charge in [0.15, 0.2) is 5.57 Å². The van der Waals surface area contributed by atoms with Gasteiger partial charge in [-0.2, -0.15) is 15.8 Å². The lowest BCUT2D eigenvalue weighted by Crippen LogP contribution is -2.49. The van der Waals surface area contributed by atoms with Crippen LogP contribution in [0.2, 0.25) is 0 Å². The average Bonchev–Trinajstić information content (AvgIpc) is 2.47. The first-order valence-corrected chi connectivity index (χ1v) is 6.57. The van der Waals surface area contributed by atoms with E-state index < -0.39 is 0 Å². The maximum absolute atomic E-state index is 12.1. The number of rotatable bonds is 2. The van der Waals surface area contributed by atoms with Crippen molar-refractivity contribution in [1.29, 1.82) is 15.8 Å². The van der Waals surface area contributed by atoms with Gasteiger partial charge in [-0.25, -0.2) is 0 Å². The molecule has 0 bridgehead atoms. The Kier molecular flexibility index (Phi) is 3.84. The summed E-state index contributed by atoms with van der Waals surface area (Å²) in [6.07, 6.45) is 0.705. The minimum atomic E-state index is -0.300. The summed E-state index contributed by atoms with van der Waals surface area (Å²) in [5.41, 5.74) is 1.19. The van der Waals surface area contributed by atoms with E-state index in [0.29, 0.717) is 17.7 Å². The molecule has 6 nitrogen and oxygen atoms in total. The third-order valence-electron chi connectivity index (χ3n) is 3.29. The fourth-order valence-electron chi connectivity index (χ4n) is 2.34. The predicted molar refractivity (Wildman–Crippen MR) is 79.2 cm³/mol. The highest BCUT2D eigenvalue weighted by molar-refractivity contribution is 5.98. The number of hydrogen-bond donors (Lipinski definition) is 2. The number of benzene rings is 1. The van der Waals surface area contributed by atoms with Gasteiger partial charge >= 0.3 is 0 Å². The molecule has 0 saturated carbocycles. The molecule has 0 unspecified atom stereocenters. The SMILES string of the molecule is CC1(C)Cc2ccc(NC(C#N)=C(C#N)C#N)cc2C(=O)N1. The van der Waals surface area contributed by atoms with Gasteiger partial charge in [-0.15, -0.1) is 0 Å². The van der Waals surface area contributed by atoms with Crippen LogP contribution in [0, 0.1) is 34.0 Å². The Hall–Kier alpha value is -3.30. The van der Waals surface area contributed by atoms with Crippen molar-refractivity contribution in [3.63, 3.8) is 0 Å². The third kappa shape index (κ3) is 2.90. The van der Waals surface area contributed by atoms with Gasteiger partial charge in [-0.05, 0) is 38.0 Å². The fourth-order valence-corrected chi connectivity index (χ4v) is 2.34. The molecule has 1 aliphatic rings. The second-order valence-electron chi connectivity index (χ2n) is 5.60. The number of nitrogens with one attached hydrogen (secondary N) is 2. The predicted octanol–water partition coefficient (Wildman–Crippen LogP) is 1.99. The van der Waals surface area contributed by atoms with Gasteiger partial charge in [0, 0.05) is 16.8 Å². The van der Waals surface area contributed by atoms with Crippen LogP contribution in [-0.2, 0) is 6.42 Å². The molecule has 1 aromatic rings. The minimum absolute atomic E-state index is 0.138. The van der Waals surface area contributed by atoms with Gasteiger partial charge in [0.05, 0.1) is 0 Å². The molecule has 1 aromatic carbocycles. The Balaban J connectivity index is 2.39. The minimum Gasteiger partial charge on any atom is -0.347 e. The van der Waals surface area contributed by atoms with Gasteiger partial charge in [0.2, 0.25) is 0 Å². The van der Waals surface area contributed by atoms with Gasteiger partial charge in [-0.3, -0.25) is 4.79 Å². The standard InChI is InChI=1S/C16H13N5O/c1-16(2)6-10-3-4-12(5-13(10)15(22)21-16)20-14(9-19)11(7-17)8-18/h3-5,20H,6H2,1-2H3,(H,21,22). The van der Waals surface area contributed by atoms with Crippen molar-refractivity contribution < 1.29 is 4.79 Å². The normalized spacial score (nSPS) is 14.4. The summed E-state index contributed by atoms with van der Waals surface area (Å²) in [6.45, 7) is 3.89. The molecule has 22 heavy (non-hydrogen) atoms. The second kappa shape index (κ2) is 5.60. The van der Waals surface area contributed by atoms with Crippen LogP contribution in [0.25, 0.3) is 0 Å². The van der Waals surface area contributed by atoms with Crippen molar-refractivity contribution in [2.24, 2.45) is 0 Å². The Morgan fingerprint density at radius 1 is 1.23 bits per heavy atom. The summed E-state index contributed by atoms with van der Waals surface area (Å²) >= 11 is 0. The van der Waals surface area contributed by atoms with E-state index in [0.717, 1.165) is 5.56 Å². The van der Waals surface area contributed by atoms with Crippen LogP contribution in [0.15, 0.2) is 29.5 Å². The molecule has 0 radical (unpaired) electrons. The zero-order valence-corrected chi connectivity index (χ0v) is 12.2. The molecular formula is C16H13N5O. The van der Waals surface area contributed by atoms with Crippen molar-refractivity contribution in [3.05, 3.63) is 40.6 Å². The van der Waals surface area contributed by atoms with Crippen LogP contribution in [0.5, 0.6) is 0 Å². The van der Waals surface area contributed by atoms with Crippen molar-refractivity contribution in [1.82, 2.24) is 5.32 Å². The molecule has 1 aliphatic heterocycles. The average molecular weight is 291 g/mol. The number of fused-ring (bicyclic) bond motifs is 1. The van der Waals surface area contributed by atoms with E-state index in [9.17, 15) is 4.79 Å². The fraction of sp³-hybridized carbons (Fsp3) is 0.250. The van der Waals surface area contributed by atoms with Gasteiger partial charge in [0.1, 0.15) is 23.9 Å². The molecule has 0 saturated heterocycles. The van der Waals surface area contributed by atoms with E-state index >= 15 is 0 Å². The number of nitriles is 3. The number of carbonyl (C=O) groups excluding carboxylic acids is 1. The first-order valence-electron chi connectivity index (χ1n) is 6.57. The first-order chi connectivity index (χ1) is 10.4. The van der Waals surface area contributed by atoms with Crippen LogP contribution in [-0.4, -0.2) is 11.4 Å². The Bertz CT molecular complexity index is 783. The first kappa shape index (κ1) is 15.1. The van der Waals surface area contributed by atoms with Crippen molar-refractivity contribution >= 4 is 11.6 Å². The van der Waals surface area contributed by atoms with Gasteiger partial charge < -0.3 is 10.6 Å². The number of nitrogens with zero attached hydrogens (tertiary/aromatic N) is 3. The lowest BCUT2D eigenvalue weighted by atomic mass is 9.87. The van der Waals surface area contributed by atoms with Gasteiger partial charge in [0.25, 0.3) is 5.91 Å². The molecule has 2 rings (SSSR count). The van der Waals surface area contributed by atoms with Crippen LogP contribution >= 0.6 is 0 Å². The van der Waals surface area contributed by atoms with E-state index in [4.69, 9.17) is 15.8 Å². The lowest BCUT2D eigenvalue weighted by Gasteiger charge is -2.32. The van der Waals surface area contributed by atoms with E-state index in [1.54, 1.807) is 30.3 Å². The smallest absolute Gasteiger partial charge is 0.252 e. The summed E-state index contributed by atoms with van der Waals surface area (Å²) in [5, 5.41) is 32.3. The Labute approximate surface area is 128 Å². The summed E-state index contributed by atoms with van der Waals surface area (Å²) in [5.74, 6) is -0.182. The maximum atomic E-state index is 12.1. The third-order valence-corrected chi connectivity index (χ3v) is 3.29. The highest BCUT2D eigenvalue weighted by Crippen LogP contribution is 2.26. The largest absolute Gasteiger partial charge is 0.347 e. The highest BCUT2D eigenvalue weighted by atomic mass is 16.1. The lowest BCUT2D eigenvalue weighted by molar-refractivity contribution is 0.0897. The highest BCUT2D eigenvalue weighted by Gasteiger charge is 2.29. The molecule has 2 N–H and O–H groups in total. The molecule has 0 aromatic heterocycles. The van der Waals surface area contributed by atoms with Crippen LogP contribution < -0.4 is 10.6 Å². The van der Waals surface area contributed by atoms with E-state index in [1.807, 2.05) is 19.9 Å². The van der Waals surface area contributed by atoms with Crippen LogP contribution in [0.1, 0.15) is 29.8 Å². The number of anilines is 1. The number of allylic oxidation sites excluding steroid dienone is 2. The zero-order chi connectivity index (χ0) is 16.3. The maximum Gasteiger partial charge on any atom is 0.252 e. The van der Waals surface area contributed by atoms with E-state index in [1.165, 1.54) is 0 Å². The molecule has 6 heteroatoms. The molecule has 0 fully saturated rings. The van der Waals surface area contributed by atoms with E-state index in [2.05, 4.69) is 10.6 Å². The Morgan fingerprint density at radius 3 is 2.50 bits per heavy atom. The quantitative estimate of drug-likeness (QED) is 0.809. The molecular weight excluding hydrogens is 278 g/mol. The second-order valence-corrected chi connectivity index (χ2v) is 5.60. The van der Waals surface area contributed by atoms with Crippen LogP contribution in [0.3, 0.4) is 0 Å². The monoisotopic (exact) mass is 291 g/mol. The number of hydrogen-bond acceptors (Lipinski definition) is 5. The van der Waals surface area contributed by atoms with Crippen LogP contribution in [0.4, 0.5) is 5.69 Å². The van der Waals surface area contributed by atoms with Crippen molar-refractivity contribution in [2.45, 2.75) is 25.8 Å². The molecule has 0 aliphatic carbocycles. The van der Waals surface area contributed by atoms with Crippen molar-refractivity contribution in [3.8, 4) is 18.2 Å². The summed E-state index contributed by atoms with van der Waals surface area (Å²) in [6, 6.07) is 10.2. The molecule has 0 spiro atoms. The van der Waals surface area contributed by atoms with Gasteiger partial charge in [-0.1, -0.05) is 6.07 Å². The topological polar surface area (TPSA) is 112 Å². The summed E-state index contributed by atoms with van der Waals surface area (Å²) in [4.78, 5) is 12.1. The molecule has 1 heterocycles. The molecule has 1 amide bonds. The number of carbonyl (C=O) groups is 1. The van der Waals surface area contributed by atoms with Crippen molar-refractivity contribution in [2.75, 3.05) is 5.32 Å². The Morgan fingerprint density at radius 2 is 1.91 bits per heavy atom. The summed E-state index contributed by atoms with van der Waals surface area (Å²) in [7, 11) is 0. The molecule has 0 atom stereocenters. The zero-order valence-electron chi connectivity index (χ0n) is 12.2. The summed E-state index contributed by atoms with van der Waals surface area (Å²) < 4.78 is 0. The molecule has 108 valence electrons.